The number of amides is 3. The van der Waals surface area contributed by atoms with E-state index in [0.29, 0.717) is 17.2 Å². The standard InChI is InChI=1S/C19H25N7O3S/c1-12-15(5-4-14(22-12)17(27)20-2)26-8-6-25(7-9-26)11-13-10-16(30-24-13)23-19(29)18(28)21-3/h4-5,10H,6-9,11H2,1-3H3,(H,20,27)(H,21,28)(H,23,29). The summed E-state index contributed by atoms with van der Waals surface area (Å²) >= 11 is 1.16. The molecular formula is C19H25N7O3S. The zero-order valence-corrected chi connectivity index (χ0v) is 18.0. The van der Waals surface area contributed by atoms with Crippen molar-refractivity contribution in [3.63, 3.8) is 0 Å². The van der Waals surface area contributed by atoms with Crippen molar-refractivity contribution in [1.29, 1.82) is 0 Å². The largest absolute Gasteiger partial charge is 0.368 e. The smallest absolute Gasteiger partial charge is 0.314 e. The highest BCUT2D eigenvalue weighted by Gasteiger charge is 2.21. The quantitative estimate of drug-likeness (QED) is 0.579. The summed E-state index contributed by atoms with van der Waals surface area (Å²) in [5, 5.41) is 7.97. The molecule has 1 aliphatic rings. The highest BCUT2D eigenvalue weighted by atomic mass is 32.1. The molecule has 1 saturated heterocycles. The van der Waals surface area contributed by atoms with E-state index in [9.17, 15) is 14.4 Å². The number of carbonyl (C=O) groups excluding carboxylic acids is 3. The van der Waals surface area contributed by atoms with Crippen LogP contribution < -0.4 is 20.9 Å². The first-order valence-electron chi connectivity index (χ1n) is 9.57. The molecule has 160 valence electrons. The lowest BCUT2D eigenvalue weighted by atomic mass is 10.2. The maximum Gasteiger partial charge on any atom is 0.314 e. The highest BCUT2D eigenvalue weighted by Crippen LogP contribution is 2.22. The van der Waals surface area contributed by atoms with Gasteiger partial charge in [0.2, 0.25) is 0 Å². The zero-order chi connectivity index (χ0) is 21.7. The maximum absolute atomic E-state index is 11.7. The number of hydrogen-bond donors (Lipinski definition) is 3. The lowest BCUT2D eigenvalue weighted by molar-refractivity contribution is -0.135. The lowest BCUT2D eigenvalue weighted by Crippen LogP contribution is -2.46. The minimum atomic E-state index is -0.701. The van der Waals surface area contributed by atoms with Crippen LogP contribution in [0.15, 0.2) is 18.2 Å². The minimum absolute atomic E-state index is 0.191. The predicted molar refractivity (Wildman–Crippen MR) is 115 cm³/mol. The molecule has 0 bridgehead atoms. The molecule has 0 saturated carbocycles. The molecule has 0 aromatic carbocycles. The summed E-state index contributed by atoms with van der Waals surface area (Å²) in [7, 11) is 3.00. The van der Waals surface area contributed by atoms with Crippen molar-refractivity contribution in [3.05, 3.63) is 35.3 Å². The van der Waals surface area contributed by atoms with Gasteiger partial charge in [-0.25, -0.2) is 4.98 Å². The van der Waals surface area contributed by atoms with Gasteiger partial charge in [-0.05, 0) is 36.7 Å². The average Bonchev–Trinajstić information content (AvgIpc) is 3.19. The third-order valence-corrected chi connectivity index (χ3v) is 5.59. The summed E-state index contributed by atoms with van der Waals surface area (Å²) in [6.07, 6.45) is 0. The second-order valence-corrected chi connectivity index (χ2v) is 7.66. The molecule has 1 fully saturated rings. The molecular weight excluding hydrogens is 406 g/mol. The number of rotatable bonds is 5. The van der Waals surface area contributed by atoms with Crippen LogP contribution in [0.2, 0.25) is 0 Å². The summed E-state index contributed by atoms with van der Waals surface area (Å²) in [6.45, 7) is 5.98. The van der Waals surface area contributed by atoms with Gasteiger partial charge in [0.1, 0.15) is 10.7 Å². The van der Waals surface area contributed by atoms with E-state index in [1.54, 1.807) is 19.2 Å². The Morgan fingerprint density at radius 3 is 2.43 bits per heavy atom. The lowest BCUT2D eigenvalue weighted by Gasteiger charge is -2.36. The Hall–Kier alpha value is -3.05. The van der Waals surface area contributed by atoms with E-state index < -0.39 is 11.8 Å². The molecule has 11 heteroatoms. The fraction of sp³-hybridized carbons (Fsp3) is 0.421. The van der Waals surface area contributed by atoms with Crippen molar-refractivity contribution in [1.82, 2.24) is 24.9 Å². The maximum atomic E-state index is 11.7. The molecule has 0 atom stereocenters. The van der Waals surface area contributed by atoms with Crippen LogP contribution in [0.5, 0.6) is 0 Å². The van der Waals surface area contributed by atoms with E-state index in [4.69, 9.17) is 0 Å². The van der Waals surface area contributed by atoms with Gasteiger partial charge in [-0.15, -0.1) is 0 Å². The fourth-order valence-electron chi connectivity index (χ4n) is 3.25. The number of likely N-dealkylation sites (N-methyl/N-ethyl adjacent to an activating group) is 1. The van der Waals surface area contributed by atoms with E-state index in [2.05, 4.69) is 35.1 Å². The van der Waals surface area contributed by atoms with Crippen molar-refractivity contribution >= 4 is 39.9 Å². The summed E-state index contributed by atoms with van der Waals surface area (Å²) in [5.74, 6) is -1.58. The summed E-state index contributed by atoms with van der Waals surface area (Å²) in [4.78, 5) is 43.6. The Balaban J connectivity index is 1.53. The molecule has 0 radical (unpaired) electrons. The van der Waals surface area contributed by atoms with Gasteiger partial charge < -0.3 is 20.9 Å². The molecule has 0 aliphatic carbocycles. The third-order valence-electron chi connectivity index (χ3n) is 4.85. The zero-order valence-electron chi connectivity index (χ0n) is 17.2. The van der Waals surface area contributed by atoms with E-state index in [-0.39, 0.29) is 5.91 Å². The summed E-state index contributed by atoms with van der Waals surface area (Å²) in [5.41, 5.74) is 3.14. The first kappa shape index (κ1) is 21.7. The summed E-state index contributed by atoms with van der Waals surface area (Å²) < 4.78 is 4.37. The fourth-order valence-corrected chi connectivity index (χ4v) is 3.90. The second kappa shape index (κ2) is 9.63. The molecule has 3 amide bonds. The van der Waals surface area contributed by atoms with Crippen LogP contribution in [0.1, 0.15) is 21.9 Å². The van der Waals surface area contributed by atoms with Crippen LogP contribution in [0, 0.1) is 6.92 Å². The number of aryl methyl sites for hydroxylation is 1. The third kappa shape index (κ3) is 5.10. The van der Waals surface area contributed by atoms with Crippen molar-refractivity contribution in [3.8, 4) is 0 Å². The normalized spacial score (nSPS) is 14.3. The Labute approximate surface area is 178 Å². The van der Waals surface area contributed by atoms with Crippen molar-refractivity contribution in [2.45, 2.75) is 13.5 Å². The Morgan fingerprint density at radius 1 is 1.07 bits per heavy atom. The van der Waals surface area contributed by atoms with E-state index in [1.165, 1.54) is 7.05 Å². The molecule has 3 N–H and O–H groups in total. The van der Waals surface area contributed by atoms with Gasteiger partial charge >= 0.3 is 11.8 Å². The van der Waals surface area contributed by atoms with Crippen LogP contribution >= 0.6 is 11.5 Å². The number of pyridine rings is 1. The molecule has 0 unspecified atom stereocenters. The van der Waals surface area contributed by atoms with Crippen LogP contribution in [-0.4, -0.2) is 72.3 Å². The molecule has 10 nitrogen and oxygen atoms in total. The molecule has 3 rings (SSSR count). The molecule has 2 aromatic rings. The van der Waals surface area contributed by atoms with Crippen molar-refractivity contribution in [2.24, 2.45) is 0 Å². The second-order valence-electron chi connectivity index (χ2n) is 6.86. The van der Waals surface area contributed by atoms with Gasteiger partial charge in [0.15, 0.2) is 0 Å². The number of hydrogen-bond acceptors (Lipinski definition) is 8. The van der Waals surface area contributed by atoms with Gasteiger partial charge in [0.25, 0.3) is 5.91 Å². The minimum Gasteiger partial charge on any atom is -0.368 e. The first-order valence-corrected chi connectivity index (χ1v) is 10.3. The Morgan fingerprint density at radius 2 is 1.80 bits per heavy atom. The molecule has 0 spiro atoms. The SMILES string of the molecule is CNC(=O)C(=O)Nc1cc(CN2CCN(c3ccc(C(=O)NC)nc3C)CC2)ns1. The van der Waals surface area contributed by atoms with Crippen LogP contribution in [-0.2, 0) is 16.1 Å². The Kier molecular flexibility index (Phi) is 6.95. The van der Waals surface area contributed by atoms with Gasteiger partial charge in [0.05, 0.1) is 17.1 Å². The topological polar surface area (TPSA) is 120 Å². The van der Waals surface area contributed by atoms with Crippen LogP contribution in [0.25, 0.3) is 0 Å². The number of piperazine rings is 1. The first-order chi connectivity index (χ1) is 14.4. The molecule has 3 heterocycles. The van der Waals surface area contributed by atoms with Crippen LogP contribution in [0.4, 0.5) is 10.7 Å². The van der Waals surface area contributed by atoms with Gasteiger partial charge in [-0.1, -0.05) is 0 Å². The molecule has 2 aromatic heterocycles. The predicted octanol–water partition coefficient (Wildman–Crippen LogP) is 0.213. The van der Waals surface area contributed by atoms with E-state index in [1.807, 2.05) is 13.0 Å². The number of nitrogens with one attached hydrogen (secondary N) is 3. The molecule has 1 aliphatic heterocycles. The average molecular weight is 432 g/mol. The Bertz CT molecular complexity index is 938. The van der Waals surface area contributed by atoms with Crippen LogP contribution in [0.3, 0.4) is 0 Å². The van der Waals surface area contributed by atoms with E-state index >= 15 is 0 Å². The van der Waals surface area contributed by atoms with Crippen molar-refractivity contribution < 1.29 is 14.4 Å². The monoisotopic (exact) mass is 431 g/mol. The number of aromatic nitrogens is 2. The summed E-state index contributed by atoms with van der Waals surface area (Å²) in [6, 6.07) is 5.49. The van der Waals surface area contributed by atoms with Gasteiger partial charge in [-0.3, -0.25) is 19.3 Å². The number of nitrogens with zero attached hydrogens (tertiary/aromatic N) is 4. The van der Waals surface area contributed by atoms with Gasteiger partial charge in [0, 0.05) is 46.8 Å². The number of anilines is 2. The molecule has 30 heavy (non-hydrogen) atoms. The highest BCUT2D eigenvalue weighted by molar-refractivity contribution is 7.10. The van der Waals surface area contributed by atoms with E-state index in [0.717, 1.165) is 54.8 Å². The number of carbonyl (C=O) groups is 3. The van der Waals surface area contributed by atoms with Gasteiger partial charge in [-0.2, -0.15) is 4.37 Å². The van der Waals surface area contributed by atoms with Crippen molar-refractivity contribution in [2.75, 3.05) is 50.5 Å².